The molecule has 360 valence electrons. The topological polar surface area (TPSA) is 60.7 Å². The first-order chi connectivity index (χ1) is 26.6. The molecular formula is C28H23F29NO3+. The van der Waals surface area contributed by atoms with Crippen molar-refractivity contribution in [3.63, 3.8) is 0 Å². The number of rotatable bonds is 22. The standard InChI is InChI=1S/C28H23F29NO3/c29-15(30,10-14(61)12-58(6-8-59,7-9-60)11-13-4-2-1-3-5-13)16(31,32)17(33,34)18(35,36)19(37,38)20(39,40)21(41,42)22(43,44)23(45,46)24(47,48)25(49,50)26(51,52)27(53,54)28(55,56)57/h1-5,14,59-61H,6-12H2/q+1. The SMILES string of the molecule is OCC[N+](CCO)(Cc1ccccc1)CC(O)CC(F)(F)C(F)(F)C(F)(F)C(F)(F)C(F)(F)C(F)(F)C(F)(F)C(F)(F)C(F)(F)C(F)(F)C(F)(F)C(F)(F)C(F)(F)C(F)(F)F. The van der Waals surface area contributed by atoms with Gasteiger partial charge >= 0.3 is 83.2 Å². The molecule has 1 aromatic carbocycles. The molecular weight excluding hydrogens is 949 g/mol. The molecule has 0 bridgehead atoms. The fourth-order valence-electron chi connectivity index (χ4n) is 5.23. The monoisotopic (exact) mass is 972 g/mol. The molecule has 3 N–H and O–H groups in total. The van der Waals surface area contributed by atoms with E-state index < -0.39 is 140 Å². The molecule has 0 fully saturated rings. The molecule has 0 aromatic heterocycles. The molecule has 0 aliphatic carbocycles. The van der Waals surface area contributed by atoms with Gasteiger partial charge in [0.15, 0.2) is 0 Å². The Labute approximate surface area is 319 Å². The van der Waals surface area contributed by atoms with E-state index in [0.717, 1.165) is 0 Å². The van der Waals surface area contributed by atoms with Gasteiger partial charge in [-0.1, -0.05) is 30.3 Å². The van der Waals surface area contributed by atoms with Crippen LogP contribution in [0, 0.1) is 0 Å². The predicted octanol–water partition coefficient (Wildman–Crippen LogP) is 9.56. The summed E-state index contributed by atoms with van der Waals surface area (Å²) in [5.41, 5.74) is 0.0986. The van der Waals surface area contributed by atoms with E-state index in [2.05, 4.69) is 0 Å². The average Bonchev–Trinajstić information content (AvgIpc) is 3.06. The smallest absolute Gasteiger partial charge is 0.391 e. The lowest BCUT2D eigenvalue weighted by atomic mass is 9.83. The second-order valence-electron chi connectivity index (χ2n) is 13.0. The van der Waals surface area contributed by atoms with E-state index in [1.165, 1.54) is 30.3 Å². The van der Waals surface area contributed by atoms with Crippen molar-refractivity contribution in [2.75, 3.05) is 32.8 Å². The number of quaternary nitrogens is 1. The molecule has 1 unspecified atom stereocenters. The fraction of sp³-hybridized carbons (Fsp3) is 0.786. The Morgan fingerprint density at radius 2 is 0.656 bits per heavy atom. The second-order valence-corrected chi connectivity index (χ2v) is 13.0. The van der Waals surface area contributed by atoms with Crippen molar-refractivity contribution >= 4 is 0 Å². The van der Waals surface area contributed by atoms with E-state index in [-0.39, 0.29) is 5.56 Å². The number of nitrogens with zero attached hydrogens (tertiary/aromatic N) is 1. The van der Waals surface area contributed by atoms with E-state index in [9.17, 15) is 143 Å². The molecule has 0 aliphatic heterocycles. The molecule has 1 atom stereocenters. The summed E-state index contributed by atoms with van der Waals surface area (Å²) in [6.07, 6.45) is -15.1. The quantitative estimate of drug-likeness (QED) is 0.0803. The molecule has 0 saturated heterocycles. The van der Waals surface area contributed by atoms with Gasteiger partial charge in [-0.05, 0) is 0 Å². The summed E-state index contributed by atoms with van der Waals surface area (Å²) in [6, 6.07) is 6.34. The Hall–Kier alpha value is -2.97. The summed E-state index contributed by atoms with van der Waals surface area (Å²) in [6.45, 7) is -5.81. The molecule has 61 heavy (non-hydrogen) atoms. The van der Waals surface area contributed by atoms with Crippen LogP contribution < -0.4 is 0 Å². The highest BCUT2D eigenvalue weighted by Crippen LogP contribution is 2.69. The third-order valence-electron chi connectivity index (χ3n) is 8.75. The zero-order valence-electron chi connectivity index (χ0n) is 28.7. The first-order valence-corrected chi connectivity index (χ1v) is 15.3. The van der Waals surface area contributed by atoms with E-state index >= 15 is 0 Å². The minimum Gasteiger partial charge on any atom is -0.391 e. The third kappa shape index (κ3) is 8.21. The maximum Gasteiger partial charge on any atom is 0.460 e. The van der Waals surface area contributed by atoms with Gasteiger partial charge in [0.2, 0.25) is 0 Å². The molecule has 1 rings (SSSR count). The van der Waals surface area contributed by atoms with Gasteiger partial charge in [-0.25, -0.2) is 0 Å². The van der Waals surface area contributed by atoms with Gasteiger partial charge in [0.05, 0.1) is 13.2 Å². The van der Waals surface area contributed by atoms with Crippen molar-refractivity contribution in [1.82, 2.24) is 0 Å². The van der Waals surface area contributed by atoms with Crippen molar-refractivity contribution < 1.29 is 147 Å². The highest BCUT2D eigenvalue weighted by atomic mass is 19.4. The summed E-state index contributed by atoms with van der Waals surface area (Å²) < 4.78 is 400. The number of hydrogen-bond donors (Lipinski definition) is 3. The van der Waals surface area contributed by atoms with Gasteiger partial charge in [0.25, 0.3) is 0 Å². The van der Waals surface area contributed by atoms with Crippen LogP contribution in [0.15, 0.2) is 30.3 Å². The summed E-state index contributed by atoms with van der Waals surface area (Å²) in [4.78, 5) is 0. The fourth-order valence-corrected chi connectivity index (χ4v) is 5.23. The number of benzene rings is 1. The van der Waals surface area contributed by atoms with Crippen LogP contribution in [0.2, 0.25) is 0 Å². The molecule has 0 radical (unpaired) electrons. The zero-order chi connectivity index (χ0) is 49.1. The van der Waals surface area contributed by atoms with Crippen LogP contribution in [-0.4, -0.2) is 142 Å². The summed E-state index contributed by atoms with van der Waals surface area (Å²) in [5, 5.41) is 28.8. The van der Waals surface area contributed by atoms with Crippen LogP contribution in [0.4, 0.5) is 127 Å². The summed E-state index contributed by atoms with van der Waals surface area (Å²) >= 11 is 0. The first kappa shape index (κ1) is 56.0. The normalized spacial score (nSPS) is 16.6. The number of hydrogen-bond acceptors (Lipinski definition) is 3. The van der Waals surface area contributed by atoms with Gasteiger partial charge in [-0.3, -0.25) is 0 Å². The van der Waals surface area contributed by atoms with Crippen molar-refractivity contribution in [2.24, 2.45) is 0 Å². The lowest BCUT2D eigenvalue weighted by Gasteiger charge is -2.46. The van der Waals surface area contributed by atoms with Crippen molar-refractivity contribution in [3.8, 4) is 0 Å². The molecule has 0 heterocycles. The maximum absolute atomic E-state index is 14.6. The van der Waals surface area contributed by atoms with Gasteiger partial charge in [-0.2, -0.15) is 127 Å². The minimum atomic E-state index is -10.0. The molecule has 33 heteroatoms. The van der Waals surface area contributed by atoms with Crippen molar-refractivity contribution in [2.45, 2.75) is 102 Å². The predicted molar refractivity (Wildman–Crippen MR) is 140 cm³/mol. The molecule has 0 amide bonds. The van der Waals surface area contributed by atoms with E-state index in [4.69, 9.17) is 0 Å². The third-order valence-corrected chi connectivity index (χ3v) is 8.75. The number of alkyl halides is 29. The van der Waals surface area contributed by atoms with Gasteiger partial charge in [0, 0.05) is 12.0 Å². The Bertz CT molecular complexity index is 1620. The minimum absolute atomic E-state index is 0.0986. The Morgan fingerprint density at radius 1 is 0.393 bits per heavy atom. The Morgan fingerprint density at radius 3 is 0.918 bits per heavy atom. The Balaban J connectivity index is 3.84. The zero-order valence-corrected chi connectivity index (χ0v) is 28.7. The van der Waals surface area contributed by atoms with Crippen molar-refractivity contribution in [1.29, 1.82) is 0 Å². The van der Waals surface area contributed by atoms with Gasteiger partial charge in [-0.15, -0.1) is 0 Å². The van der Waals surface area contributed by atoms with Crippen LogP contribution in [0.25, 0.3) is 0 Å². The highest BCUT2D eigenvalue weighted by Gasteiger charge is 3.00. The molecule has 0 spiro atoms. The van der Waals surface area contributed by atoms with Gasteiger partial charge < -0.3 is 19.8 Å². The van der Waals surface area contributed by atoms with Crippen LogP contribution in [0.1, 0.15) is 12.0 Å². The van der Waals surface area contributed by atoms with Crippen LogP contribution in [0.3, 0.4) is 0 Å². The first-order valence-electron chi connectivity index (χ1n) is 15.3. The molecule has 4 nitrogen and oxygen atoms in total. The van der Waals surface area contributed by atoms with Crippen LogP contribution in [-0.2, 0) is 6.54 Å². The average molecular weight is 972 g/mol. The largest absolute Gasteiger partial charge is 0.460 e. The number of aliphatic hydroxyl groups is 3. The second kappa shape index (κ2) is 16.2. The van der Waals surface area contributed by atoms with Crippen LogP contribution in [0.5, 0.6) is 0 Å². The summed E-state index contributed by atoms with van der Waals surface area (Å²) in [7, 11) is 0. The Kier molecular flexibility index (Phi) is 14.9. The van der Waals surface area contributed by atoms with E-state index in [0.29, 0.717) is 0 Å². The molecule has 1 aromatic rings. The lowest BCUT2D eigenvalue weighted by molar-refractivity contribution is -0.944. The van der Waals surface area contributed by atoms with Crippen LogP contribution >= 0.6 is 0 Å². The maximum atomic E-state index is 14.6. The van der Waals surface area contributed by atoms with Crippen molar-refractivity contribution in [3.05, 3.63) is 35.9 Å². The summed E-state index contributed by atoms with van der Waals surface area (Å²) in [5.74, 6) is -122. The number of aliphatic hydroxyl groups excluding tert-OH is 3. The van der Waals surface area contributed by atoms with Gasteiger partial charge in [0.1, 0.15) is 32.3 Å². The van der Waals surface area contributed by atoms with E-state index in [1.807, 2.05) is 0 Å². The molecule has 0 saturated carbocycles. The number of halogens is 29. The lowest BCUT2D eigenvalue weighted by Crippen LogP contribution is -2.79. The van der Waals surface area contributed by atoms with E-state index in [1.54, 1.807) is 0 Å². The molecule has 0 aliphatic rings. The highest BCUT2D eigenvalue weighted by molar-refractivity contribution is 5.21.